The van der Waals surface area contributed by atoms with Crippen molar-refractivity contribution >= 4 is 17.1 Å². The molecule has 0 aliphatic rings. The SMILES string of the molecule is COc1ncnc2c1nc(N)n2-c1ccccc1F. The van der Waals surface area contributed by atoms with E-state index in [4.69, 9.17) is 10.5 Å². The first-order chi connectivity index (χ1) is 9.22. The second-order valence-electron chi connectivity index (χ2n) is 3.81. The minimum Gasteiger partial charge on any atom is -0.479 e. The zero-order valence-corrected chi connectivity index (χ0v) is 10.0. The molecule has 0 spiro atoms. The number of hydrogen-bond donors (Lipinski definition) is 1. The summed E-state index contributed by atoms with van der Waals surface area (Å²) < 4.78 is 20.4. The van der Waals surface area contributed by atoms with Gasteiger partial charge in [-0.2, -0.15) is 4.98 Å². The molecule has 2 heterocycles. The Morgan fingerprint density at radius 3 is 2.79 bits per heavy atom. The average Bonchev–Trinajstić information content (AvgIpc) is 2.75. The van der Waals surface area contributed by atoms with Gasteiger partial charge < -0.3 is 10.5 Å². The molecular formula is C12H10FN5O. The highest BCUT2D eigenvalue weighted by Gasteiger charge is 2.17. The van der Waals surface area contributed by atoms with Crippen LogP contribution in [0.15, 0.2) is 30.6 Å². The summed E-state index contributed by atoms with van der Waals surface area (Å²) in [4.78, 5) is 12.2. The van der Waals surface area contributed by atoms with Gasteiger partial charge in [-0.3, -0.25) is 4.57 Å². The number of anilines is 1. The van der Waals surface area contributed by atoms with Crippen LogP contribution >= 0.6 is 0 Å². The highest BCUT2D eigenvalue weighted by atomic mass is 19.1. The Bertz CT molecular complexity index is 755. The number of para-hydroxylation sites is 1. The quantitative estimate of drug-likeness (QED) is 0.755. The molecule has 2 aromatic heterocycles. The van der Waals surface area contributed by atoms with Crippen LogP contribution in [-0.4, -0.2) is 26.6 Å². The summed E-state index contributed by atoms with van der Waals surface area (Å²) in [5.74, 6) is 0.0109. The van der Waals surface area contributed by atoms with Gasteiger partial charge in [-0.15, -0.1) is 0 Å². The lowest BCUT2D eigenvalue weighted by Crippen LogP contribution is -2.03. The van der Waals surface area contributed by atoms with E-state index in [1.54, 1.807) is 18.2 Å². The van der Waals surface area contributed by atoms with E-state index in [2.05, 4.69) is 15.0 Å². The molecular weight excluding hydrogens is 249 g/mol. The molecule has 0 amide bonds. The monoisotopic (exact) mass is 259 g/mol. The predicted molar refractivity (Wildman–Crippen MR) is 67.6 cm³/mol. The van der Waals surface area contributed by atoms with E-state index in [0.717, 1.165) is 0 Å². The van der Waals surface area contributed by atoms with Gasteiger partial charge in [0, 0.05) is 0 Å². The van der Waals surface area contributed by atoms with Crippen LogP contribution in [0.2, 0.25) is 0 Å². The standard InChI is InChI=1S/C12H10FN5O/c1-19-11-9-10(15-6-16-11)18(12(14)17-9)8-5-3-2-4-7(8)13/h2-6H,1H3,(H2,14,17). The second kappa shape index (κ2) is 4.20. The summed E-state index contributed by atoms with van der Waals surface area (Å²) in [6.07, 6.45) is 1.32. The van der Waals surface area contributed by atoms with E-state index in [1.165, 1.54) is 24.1 Å². The number of methoxy groups -OCH3 is 1. The number of fused-ring (bicyclic) bond motifs is 1. The first-order valence-electron chi connectivity index (χ1n) is 5.50. The Morgan fingerprint density at radius 2 is 2.05 bits per heavy atom. The highest BCUT2D eigenvalue weighted by Crippen LogP contribution is 2.27. The molecule has 2 N–H and O–H groups in total. The number of benzene rings is 1. The van der Waals surface area contributed by atoms with Gasteiger partial charge in [-0.05, 0) is 12.1 Å². The van der Waals surface area contributed by atoms with Crippen LogP contribution in [0, 0.1) is 5.82 Å². The highest BCUT2D eigenvalue weighted by molar-refractivity contribution is 5.81. The van der Waals surface area contributed by atoms with Gasteiger partial charge in [0.15, 0.2) is 11.2 Å². The van der Waals surface area contributed by atoms with Crippen molar-refractivity contribution in [1.82, 2.24) is 19.5 Å². The van der Waals surface area contributed by atoms with Gasteiger partial charge in [0.1, 0.15) is 12.1 Å². The molecule has 0 fully saturated rings. The summed E-state index contributed by atoms with van der Waals surface area (Å²) in [5.41, 5.74) is 6.91. The average molecular weight is 259 g/mol. The minimum atomic E-state index is -0.411. The predicted octanol–water partition coefficient (Wildman–Crippen LogP) is 1.55. The summed E-state index contributed by atoms with van der Waals surface area (Å²) in [7, 11) is 1.47. The minimum absolute atomic E-state index is 0.124. The van der Waals surface area contributed by atoms with Gasteiger partial charge in [-0.25, -0.2) is 14.4 Å². The number of imidazole rings is 1. The van der Waals surface area contributed by atoms with Crippen LogP contribution in [0.25, 0.3) is 16.9 Å². The van der Waals surface area contributed by atoms with Crippen molar-refractivity contribution in [3.05, 3.63) is 36.4 Å². The molecule has 3 aromatic rings. The zero-order chi connectivity index (χ0) is 13.4. The molecule has 0 bridgehead atoms. The fraction of sp³-hybridized carbons (Fsp3) is 0.0833. The summed E-state index contributed by atoms with van der Waals surface area (Å²) >= 11 is 0. The van der Waals surface area contributed by atoms with Gasteiger partial charge in [0.25, 0.3) is 0 Å². The lowest BCUT2D eigenvalue weighted by molar-refractivity contribution is 0.401. The number of nitrogens with two attached hydrogens (primary N) is 1. The molecule has 96 valence electrons. The molecule has 0 aliphatic carbocycles. The first kappa shape index (κ1) is 11.4. The Balaban J connectivity index is 2.36. The fourth-order valence-corrected chi connectivity index (χ4v) is 1.91. The normalized spacial score (nSPS) is 10.8. The van der Waals surface area contributed by atoms with Crippen molar-refractivity contribution in [2.75, 3.05) is 12.8 Å². The van der Waals surface area contributed by atoms with Crippen molar-refractivity contribution in [2.45, 2.75) is 0 Å². The van der Waals surface area contributed by atoms with E-state index in [1.807, 2.05) is 0 Å². The number of aromatic nitrogens is 4. The summed E-state index contributed by atoms with van der Waals surface area (Å²) in [6, 6.07) is 6.26. The summed E-state index contributed by atoms with van der Waals surface area (Å²) in [6.45, 7) is 0. The van der Waals surface area contributed by atoms with Crippen LogP contribution in [0.5, 0.6) is 5.88 Å². The zero-order valence-electron chi connectivity index (χ0n) is 10.0. The smallest absolute Gasteiger partial charge is 0.245 e. The van der Waals surface area contributed by atoms with E-state index in [9.17, 15) is 4.39 Å². The van der Waals surface area contributed by atoms with E-state index < -0.39 is 5.82 Å². The van der Waals surface area contributed by atoms with Crippen LogP contribution < -0.4 is 10.5 Å². The molecule has 19 heavy (non-hydrogen) atoms. The largest absolute Gasteiger partial charge is 0.479 e. The molecule has 7 heteroatoms. The summed E-state index contributed by atoms with van der Waals surface area (Å²) in [5, 5.41) is 0. The van der Waals surface area contributed by atoms with Crippen LogP contribution in [0.3, 0.4) is 0 Å². The fourth-order valence-electron chi connectivity index (χ4n) is 1.91. The van der Waals surface area contributed by atoms with Gasteiger partial charge in [-0.1, -0.05) is 12.1 Å². The molecule has 1 aromatic carbocycles. The lowest BCUT2D eigenvalue weighted by atomic mass is 10.3. The molecule has 0 saturated heterocycles. The van der Waals surface area contributed by atoms with E-state index >= 15 is 0 Å². The van der Waals surface area contributed by atoms with E-state index in [-0.39, 0.29) is 11.6 Å². The number of halogens is 1. The molecule has 0 saturated carbocycles. The van der Waals surface area contributed by atoms with Gasteiger partial charge in [0.2, 0.25) is 11.8 Å². The third-order valence-corrected chi connectivity index (χ3v) is 2.72. The number of nitrogens with zero attached hydrogens (tertiary/aromatic N) is 4. The number of hydrogen-bond acceptors (Lipinski definition) is 5. The third-order valence-electron chi connectivity index (χ3n) is 2.72. The molecule has 6 nitrogen and oxygen atoms in total. The van der Waals surface area contributed by atoms with E-state index in [0.29, 0.717) is 17.0 Å². The van der Waals surface area contributed by atoms with Gasteiger partial charge >= 0.3 is 0 Å². The number of nitrogen functional groups attached to an aromatic ring is 1. The molecule has 0 radical (unpaired) electrons. The maximum atomic E-state index is 13.9. The van der Waals surface area contributed by atoms with Crippen LogP contribution in [0.1, 0.15) is 0 Å². The Hall–Kier alpha value is -2.70. The van der Waals surface area contributed by atoms with Crippen molar-refractivity contribution in [2.24, 2.45) is 0 Å². The van der Waals surface area contributed by atoms with Crippen molar-refractivity contribution < 1.29 is 9.13 Å². The topological polar surface area (TPSA) is 78.8 Å². The van der Waals surface area contributed by atoms with Crippen molar-refractivity contribution in [1.29, 1.82) is 0 Å². The van der Waals surface area contributed by atoms with Gasteiger partial charge in [0.05, 0.1) is 12.8 Å². The maximum absolute atomic E-state index is 13.9. The Kier molecular flexibility index (Phi) is 2.52. The van der Waals surface area contributed by atoms with Crippen LogP contribution in [-0.2, 0) is 0 Å². The molecule has 3 rings (SSSR count). The second-order valence-corrected chi connectivity index (χ2v) is 3.81. The Labute approximate surface area is 107 Å². The molecule has 0 unspecified atom stereocenters. The molecule has 0 aliphatic heterocycles. The van der Waals surface area contributed by atoms with Crippen molar-refractivity contribution in [3.8, 4) is 11.6 Å². The number of ether oxygens (including phenoxy) is 1. The first-order valence-corrected chi connectivity index (χ1v) is 5.50. The number of rotatable bonds is 2. The third kappa shape index (κ3) is 1.67. The molecule has 0 atom stereocenters. The lowest BCUT2D eigenvalue weighted by Gasteiger charge is -2.06. The van der Waals surface area contributed by atoms with Crippen molar-refractivity contribution in [3.63, 3.8) is 0 Å². The Morgan fingerprint density at radius 1 is 1.26 bits per heavy atom. The maximum Gasteiger partial charge on any atom is 0.245 e. The van der Waals surface area contributed by atoms with Crippen LogP contribution in [0.4, 0.5) is 10.3 Å².